The zero-order valence-electron chi connectivity index (χ0n) is 13.2. The molecule has 0 bridgehead atoms. The minimum atomic E-state index is -1.67. The maximum absolute atomic E-state index is 13.5. The molecule has 134 valence electrons. The predicted octanol–water partition coefficient (Wildman–Crippen LogP) is 3.10. The van der Waals surface area contributed by atoms with Crippen LogP contribution in [0.1, 0.15) is 12.7 Å². The molecule has 0 aliphatic heterocycles. The van der Waals surface area contributed by atoms with E-state index in [2.05, 4.69) is 15.8 Å². The van der Waals surface area contributed by atoms with Gasteiger partial charge in [0.15, 0.2) is 23.3 Å². The van der Waals surface area contributed by atoms with Crippen LogP contribution in [-0.4, -0.2) is 28.0 Å². The van der Waals surface area contributed by atoms with Gasteiger partial charge in [-0.3, -0.25) is 9.59 Å². The van der Waals surface area contributed by atoms with Crippen LogP contribution in [0.3, 0.4) is 0 Å². The molecule has 1 heterocycles. The summed E-state index contributed by atoms with van der Waals surface area (Å²) in [5.74, 6) is -4.96. The molecule has 25 heavy (non-hydrogen) atoms. The molecular weight excluding hydrogens is 359 g/mol. The predicted molar refractivity (Wildman–Crippen MR) is 86.7 cm³/mol. The summed E-state index contributed by atoms with van der Waals surface area (Å²) in [4.78, 5) is 23.7. The number of amides is 2. The van der Waals surface area contributed by atoms with Gasteiger partial charge in [0.05, 0.1) is 16.7 Å². The van der Waals surface area contributed by atoms with E-state index in [9.17, 15) is 22.8 Å². The van der Waals surface area contributed by atoms with E-state index < -0.39 is 40.2 Å². The summed E-state index contributed by atoms with van der Waals surface area (Å²) < 4.78 is 44.2. The van der Waals surface area contributed by atoms with E-state index in [4.69, 9.17) is 4.52 Å². The second-order valence-corrected chi connectivity index (χ2v) is 6.37. The van der Waals surface area contributed by atoms with Crippen LogP contribution in [0.15, 0.2) is 22.7 Å². The van der Waals surface area contributed by atoms with E-state index in [0.717, 1.165) is 17.8 Å². The maximum Gasteiger partial charge on any atom is 0.238 e. The molecule has 6 nitrogen and oxygen atoms in total. The monoisotopic (exact) mass is 373 g/mol. The molecule has 0 spiro atoms. The van der Waals surface area contributed by atoms with Gasteiger partial charge < -0.3 is 15.2 Å². The summed E-state index contributed by atoms with van der Waals surface area (Å²) in [5.41, 5.74) is -0.473. The van der Waals surface area contributed by atoms with Crippen LogP contribution < -0.4 is 10.6 Å². The number of benzene rings is 1. The van der Waals surface area contributed by atoms with E-state index in [-0.39, 0.29) is 11.6 Å². The van der Waals surface area contributed by atoms with Crippen LogP contribution in [0.2, 0.25) is 0 Å². The Morgan fingerprint density at radius 1 is 1.24 bits per heavy atom. The lowest BCUT2D eigenvalue weighted by Gasteiger charge is -2.11. The third kappa shape index (κ3) is 4.99. The number of carbonyl (C=O) groups is 2. The first kappa shape index (κ1) is 18.8. The highest BCUT2D eigenvalue weighted by atomic mass is 32.2. The lowest BCUT2D eigenvalue weighted by molar-refractivity contribution is -0.115. The lowest BCUT2D eigenvalue weighted by atomic mass is 10.3. The van der Waals surface area contributed by atoms with E-state index in [1.54, 1.807) is 13.8 Å². The van der Waals surface area contributed by atoms with E-state index in [1.165, 1.54) is 6.07 Å². The fourth-order valence-corrected chi connectivity index (χ4v) is 2.42. The largest absolute Gasteiger partial charge is 0.360 e. The van der Waals surface area contributed by atoms with Crippen LogP contribution in [0.5, 0.6) is 0 Å². The van der Waals surface area contributed by atoms with Crippen LogP contribution in [0.4, 0.5) is 24.7 Å². The number of nitrogens with one attached hydrogen (secondary N) is 2. The highest BCUT2D eigenvalue weighted by Gasteiger charge is 2.19. The van der Waals surface area contributed by atoms with Crippen molar-refractivity contribution in [2.75, 3.05) is 16.4 Å². The van der Waals surface area contributed by atoms with Crippen LogP contribution >= 0.6 is 11.8 Å². The Morgan fingerprint density at radius 3 is 2.60 bits per heavy atom. The molecular formula is C15H14F3N3O3S. The van der Waals surface area contributed by atoms with Crippen molar-refractivity contribution in [1.29, 1.82) is 0 Å². The number of aryl methyl sites for hydroxylation is 1. The Labute approximate surface area is 145 Å². The molecule has 1 aromatic heterocycles. The third-order valence-electron chi connectivity index (χ3n) is 3.02. The zero-order valence-corrected chi connectivity index (χ0v) is 14.0. The number of thioether (sulfide) groups is 1. The van der Waals surface area contributed by atoms with Crippen molar-refractivity contribution in [2.24, 2.45) is 0 Å². The molecule has 0 saturated heterocycles. The number of carbonyl (C=O) groups excluding carboxylic acids is 2. The van der Waals surface area contributed by atoms with Gasteiger partial charge in [-0.1, -0.05) is 5.16 Å². The van der Waals surface area contributed by atoms with Gasteiger partial charge in [0.2, 0.25) is 11.8 Å². The van der Waals surface area contributed by atoms with Gasteiger partial charge in [0, 0.05) is 6.07 Å². The van der Waals surface area contributed by atoms with Crippen molar-refractivity contribution < 1.29 is 27.3 Å². The highest BCUT2D eigenvalue weighted by molar-refractivity contribution is 8.01. The standard InChI is InChI=1S/C15H14F3N3O3S/c1-7-5-11(21-24-7)20-15(23)8(2)25-6-12(22)19-10-4-3-9(16)13(17)14(10)18/h3-5,8H,6H2,1-2H3,(H,19,22)(H,20,21,23). The molecule has 2 amide bonds. The third-order valence-corrected chi connectivity index (χ3v) is 4.17. The molecule has 1 atom stereocenters. The first-order valence-electron chi connectivity index (χ1n) is 7.07. The number of hydrogen-bond donors (Lipinski definition) is 2. The molecule has 0 aliphatic carbocycles. The highest BCUT2D eigenvalue weighted by Crippen LogP contribution is 2.20. The molecule has 2 aromatic rings. The Balaban J connectivity index is 1.85. The molecule has 0 fully saturated rings. The number of anilines is 2. The van der Waals surface area contributed by atoms with Crippen molar-refractivity contribution in [3.8, 4) is 0 Å². The fraction of sp³-hybridized carbons (Fsp3) is 0.267. The van der Waals surface area contributed by atoms with Crippen molar-refractivity contribution in [1.82, 2.24) is 5.16 Å². The number of rotatable bonds is 6. The number of hydrogen-bond acceptors (Lipinski definition) is 5. The van der Waals surface area contributed by atoms with Gasteiger partial charge in [-0.05, 0) is 26.0 Å². The first-order valence-corrected chi connectivity index (χ1v) is 8.12. The number of aromatic nitrogens is 1. The summed E-state index contributed by atoms with van der Waals surface area (Å²) in [6, 6.07) is 3.16. The summed E-state index contributed by atoms with van der Waals surface area (Å²) in [7, 11) is 0. The molecule has 1 aromatic carbocycles. The molecule has 10 heteroatoms. The molecule has 0 saturated carbocycles. The topological polar surface area (TPSA) is 84.2 Å². The quantitative estimate of drug-likeness (QED) is 0.760. The zero-order chi connectivity index (χ0) is 18.6. The minimum Gasteiger partial charge on any atom is -0.360 e. The Morgan fingerprint density at radius 2 is 1.96 bits per heavy atom. The van der Waals surface area contributed by atoms with Crippen molar-refractivity contribution >= 4 is 35.1 Å². The van der Waals surface area contributed by atoms with E-state index >= 15 is 0 Å². The van der Waals surface area contributed by atoms with Gasteiger partial charge in [-0.25, -0.2) is 13.2 Å². The van der Waals surface area contributed by atoms with Crippen molar-refractivity contribution in [3.63, 3.8) is 0 Å². The fourth-order valence-electron chi connectivity index (χ4n) is 1.74. The molecule has 1 unspecified atom stereocenters. The maximum atomic E-state index is 13.5. The van der Waals surface area contributed by atoms with Gasteiger partial charge >= 0.3 is 0 Å². The van der Waals surface area contributed by atoms with E-state index in [1.807, 2.05) is 0 Å². The second kappa shape index (κ2) is 8.06. The number of nitrogens with zero attached hydrogens (tertiary/aromatic N) is 1. The SMILES string of the molecule is Cc1cc(NC(=O)C(C)SCC(=O)Nc2ccc(F)c(F)c2F)no1. The Bertz CT molecular complexity index is 798. The van der Waals surface area contributed by atoms with Gasteiger partial charge in [0.25, 0.3) is 0 Å². The van der Waals surface area contributed by atoms with Crippen LogP contribution in [0, 0.1) is 24.4 Å². The summed E-state index contributed by atoms with van der Waals surface area (Å²) in [6.45, 7) is 3.24. The van der Waals surface area contributed by atoms with Crippen molar-refractivity contribution in [3.05, 3.63) is 41.4 Å². The van der Waals surface area contributed by atoms with E-state index in [0.29, 0.717) is 11.8 Å². The Hall–Kier alpha value is -2.49. The Kier molecular flexibility index (Phi) is 6.07. The normalized spacial score (nSPS) is 11.9. The van der Waals surface area contributed by atoms with Gasteiger partial charge in [-0.2, -0.15) is 0 Å². The van der Waals surface area contributed by atoms with Gasteiger partial charge in [0.1, 0.15) is 5.76 Å². The van der Waals surface area contributed by atoms with Gasteiger partial charge in [-0.15, -0.1) is 11.8 Å². The molecule has 0 radical (unpaired) electrons. The molecule has 2 N–H and O–H groups in total. The van der Waals surface area contributed by atoms with Crippen LogP contribution in [-0.2, 0) is 9.59 Å². The summed E-state index contributed by atoms with van der Waals surface area (Å²) >= 11 is 0.978. The minimum absolute atomic E-state index is 0.190. The summed E-state index contributed by atoms with van der Waals surface area (Å²) in [6.07, 6.45) is 0. The smallest absolute Gasteiger partial charge is 0.238 e. The average molecular weight is 373 g/mol. The lowest BCUT2D eigenvalue weighted by Crippen LogP contribution is -2.25. The number of halogens is 3. The molecule has 0 aliphatic rings. The average Bonchev–Trinajstić information content (AvgIpc) is 2.98. The van der Waals surface area contributed by atoms with Crippen LogP contribution in [0.25, 0.3) is 0 Å². The second-order valence-electron chi connectivity index (χ2n) is 5.04. The summed E-state index contributed by atoms with van der Waals surface area (Å²) in [5, 5.41) is 7.63. The first-order chi connectivity index (χ1) is 11.8. The molecule has 2 rings (SSSR count). The van der Waals surface area contributed by atoms with Crippen molar-refractivity contribution in [2.45, 2.75) is 19.1 Å².